The molecule has 0 radical (unpaired) electrons. The van der Waals surface area contributed by atoms with Crippen LogP contribution in [-0.2, 0) is 26.4 Å². The minimum atomic E-state index is -0.460. The molecular formula is C84H97N15O6. The van der Waals surface area contributed by atoms with Crippen LogP contribution >= 0.6 is 0 Å². The smallest absolute Gasteiger partial charge is 0.299 e. The van der Waals surface area contributed by atoms with Gasteiger partial charge in [0, 0.05) is 176 Å². The Morgan fingerprint density at radius 3 is 1.77 bits per heavy atom. The summed E-state index contributed by atoms with van der Waals surface area (Å²) in [5.41, 5.74) is 23.0. The van der Waals surface area contributed by atoms with E-state index in [2.05, 4.69) is 169 Å². The van der Waals surface area contributed by atoms with Crippen molar-refractivity contribution in [2.45, 2.75) is 69.9 Å². The number of fused-ring (bicyclic) bond motifs is 6. The van der Waals surface area contributed by atoms with Crippen molar-refractivity contribution >= 4 is 89.1 Å². The summed E-state index contributed by atoms with van der Waals surface area (Å²) >= 11 is 0. The Labute approximate surface area is 615 Å². The van der Waals surface area contributed by atoms with E-state index in [9.17, 15) is 10.1 Å². The molecule has 1 aliphatic carbocycles. The minimum Gasteiger partial charge on any atom is -0.497 e. The highest BCUT2D eigenvalue weighted by atomic mass is 16.6. The molecule has 3 saturated heterocycles. The number of piperazine rings is 3. The second-order valence-corrected chi connectivity index (χ2v) is 27.6. The van der Waals surface area contributed by atoms with Crippen molar-refractivity contribution in [3.8, 4) is 23.0 Å². The Hall–Kier alpha value is -10.9. The molecule has 11 aromatic rings. The van der Waals surface area contributed by atoms with Crippen molar-refractivity contribution < 1.29 is 23.9 Å². The van der Waals surface area contributed by atoms with Crippen LogP contribution in [0.1, 0.15) is 66.7 Å². The molecule has 7 aromatic carbocycles. The number of pyridine rings is 3. The first-order valence-electron chi connectivity index (χ1n) is 36.9. The van der Waals surface area contributed by atoms with E-state index >= 15 is 0 Å². The van der Waals surface area contributed by atoms with E-state index in [1.807, 2.05) is 36.5 Å². The molecule has 4 aromatic heterocycles. The Kier molecular flexibility index (Phi) is 23.9. The predicted molar refractivity (Wildman–Crippen MR) is 426 cm³/mol. The molecule has 0 spiro atoms. The van der Waals surface area contributed by atoms with E-state index in [1.165, 1.54) is 139 Å². The lowest BCUT2D eigenvalue weighted by Crippen LogP contribution is -2.51. The first kappa shape index (κ1) is 72.4. The van der Waals surface area contributed by atoms with Crippen LogP contribution in [0.4, 0.5) is 45.5 Å². The van der Waals surface area contributed by atoms with E-state index in [-0.39, 0.29) is 5.69 Å². The molecule has 544 valence electrons. The van der Waals surface area contributed by atoms with Crippen LogP contribution in [0.3, 0.4) is 0 Å². The molecule has 5 aliphatic heterocycles. The summed E-state index contributed by atoms with van der Waals surface area (Å²) in [6.07, 6.45) is 17.3. The number of aromatic nitrogens is 4. The fraction of sp³-hybridized carbons (Fsp3) is 0.357. The van der Waals surface area contributed by atoms with Gasteiger partial charge in [-0.3, -0.25) is 29.9 Å². The fourth-order valence-electron chi connectivity index (χ4n) is 15.7. The number of ether oxygens (including phenoxy) is 4. The van der Waals surface area contributed by atoms with Crippen molar-refractivity contribution in [1.82, 2.24) is 34.6 Å². The summed E-state index contributed by atoms with van der Waals surface area (Å²) in [5.74, 6) is 3.71. The van der Waals surface area contributed by atoms with Gasteiger partial charge in [-0.1, -0.05) is 66.7 Å². The molecule has 0 unspecified atom stereocenters. The first-order chi connectivity index (χ1) is 51.4. The Bertz CT molecular complexity index is 4810. The van der Waals surface area contributed by atoms with E-state index in [0.29, 0.717) is 28.3 Å². The van der Waals surface area contributed by atoms with Crippen molar-refractivity contribution in [3.63, 3.8) is 0 Å². The highest BCUT2D eigenvalue weighted by Gasteiger charge is 2.32. The van der Waals surface area contributed by atoms with Crippen molar-refractivity contribution in [3.05, 3.63) is 220 Å². The number of nitrogens with zero attached hydrogens (tertiary/aromatic N) is 11. The molecule has 17 rings (SSSR count). The number of nitro benzene ring substituents is 1. The number of aryl methyl sites for hydroxylation is 3. The van der Waals surface area contributed by atoms with E-state index < -0.39 is 4.92 Å². The zero-order chi connectivity index (χ0) is 72.6. The van der Waals surface area contributed by atoms with Gasteiger partial charge in [-0.05, 0) is 146 Å². The topological polar surface area (TPSA) is 206 Å². The molecule has 105 heavy (non-hydrogen) atoms. The summed E-state index contributed by atoms with van der Waals surface area (Å²) in [7, 11) is 8.70. The minimum absolute atomic E-state index is 0.0371. The van der Waals surface area contributed by atoms with Gasteiger partial charge in [0.25, 0.3) is 5.69 Å². The number of nitro groups is 1. The maximum absolute atomic E-state index is 10.8. The molecule has 0 atom stereocenters. The predicted octanol–water partition coefficient (Wildman–Crippen LogP) is 14.9. The second-order valence-electron chi connectivity index (χ2n) is 27.6. The number of hydrogen-bond acceptors (Lipinski definition) is 18. The molecular weight excluding hydrogens is 1320 g/mol. The van der Waals surface area contributed by atoms with Crippen LogP contribution in [0.5, 0.6) is 23.0 Å². The maximum Gasteiger partial charge on any atom is 0.299 e. The highest BCUT2D eigenvalue weighted by molar-refractivity contribution is 5.93. The van der Waals surface area contributed by atoms with Gasteiger partial charge < -0.3 is 59.9 Å². The Morgan fingerprint density at radius 2 is 1.11 bits per heavy atom. The van der Waals surface area contributed by atoms with Crippen LogP contribution in [0, 0.1) is 16.7 Å². The van der Waals surface area contributed by atoms with Crippen LogP contribution < -0.4 is 55.3 Å². The molecule has 9 heterocycles. The zero-order valence-electron chi connectivity index (χ0n) is 61.1. The van der Waals surface area contributed by atoms with Gasteiger partial charge >= 0.3 is 0 Å². The van der Waals surface area contributed by atoms with Crippen LogP contribution in [0.2, 0.25) is 0 Å². The number of para-hydroxylation sites is 1. The number of hydrogen-bond donors (Lipinski definition) is 4. The molecule has 0 bridgehead atoms. The molecule has 6 aliphatic rings. The van der Waals surface area contributed by atoms with Gasteiger partial charge in [0.2, 0.25) is 0 Å². The number of nitrogen functional groups attached to an aromatic ring is 1. The van der Waals surface area contributed by atoms with E-state index in [1.54, 1.807) is 51.8 Å². The van der Waals surface area contributed by atoms with Gasteiger partial charge in [0.1, 0.15) is 28.5 Å². The summed E-state index contributed by atoms with van der Waals surface area (Å²) in [5, 5.41) is 25.5. The number of nitrogens with one attached hydrogen (secondary N) is 3. The average molecular weight is 1410 g/mol. The first-order valence-corrected chi connectivity index (χ1v) is 36.9. The molecule has 1 saturated carbocycles. The maximum atomic E-state index is 10.8. The van der Waals surface area contributed by atoms with E-state index in [0.717, 1.165) is 142 Å². The monoisotopic (exact) mass is 1410 g/mol. The standard InChI is InChI=1S/C29H35N5.C21H23N3O.C14H21N3O.C10H8N2O3.C10H10N2O/c1-30-23-10-13-27-25(19-23)26(20-32(27)2)21-8-11-24(12-9-21)33-15-17-34(18-16-33)28-7-3-5-22-6-4-14-31-29(22)28;1-25-19-14-18-8-5-9-22-21(18)20(15-19)24-12-10-23(11-13-24)16-17-6-3-2-4-7-17;1-18-12-9-11-3-2-4-16-14(11)13(10-12)17-7-5-15-6-8-17;1-15-8-5-7-3-2-4-11-10(7)9(6-8)12(13)14;1-13-8-5-7-3-2-4-12-10(7)9(11)6-8/h3,5,7,10,13,19-21,24,31H,4,6,8-9,11-12,14-18H2,2H3;2-9,14-15H,10-13,16H2,1H3;9-10,15-16H,2-8H2,1H3;2-6H,1H3;2-6H,11H2,1H3. The van der Waals surface area contributed by atoms with Crippen molar-refractivity contribution in [2.75, 3.05) is 151 Å². The van der Waals surface area contributed by atoms with E-state index in [4.69, 9.17) is 31.3 Å². The lowest BCUT2D eigenvalue weighted by atomic mass is 9.81. The third-order valence-electron chi connectivity index (χ3n) is 21.2. The number of anilines is 6. The number of methoxy groups -OCH3 is 4. The molecule has 5 N–H and O–H groups in total. The number of benzene rings is 7. The lowest BCUT2D eigenvalue weighted by Gasteiger charge is -2.43. The third kappa shape index (κ3) is 17.3. The quantitative estimate of drug-likeness (QED) is 0.0388. The lowest BCUT2D eigenvalue weighted by molar-refractivity contribution is -0.383. The molecule has 21 heteroatoms. The summed E-state index contributed by atoms with van der Waals surface area (Å²) in [6.45, 7) is 23.6. The fourth-order valence-corrected chi connectivity index (χ4v) is 15.7. The van der Waals surface area contributed by atoms with Gasteiger partial charge in [-0.15, -0.1) is 0 Å². The van der Waals surface area contributed by atoms with Gasteiger partial charge in [-0.25, -0.2) is 9.83 Å². The number of rotatable bonds is 12. The largest absolute Gasteiger partial charge is 0.497 e. The van der Waals surface area contributed by atoms with Crippen LogP contribution in [0.15, 0.2) is 176 Å². The van der Waals surface area contributed by atoms with Gasteiger partial charge in [0.15, 0.2) is 5.69 Å². The molecule has 21 nitrogen and oxygen atoms in total. The van der Waals surface area contributed by atoms with Crippen molar-refractivity contribution in [1.29, 1.82) is 0 Å². The van der Waals surface area contributed by atoms with Crippen LogP contribution in [-0.4, -0.2) is 160 Å². The third-order valence-corrected chi connectivity index (χ3v) is 21.2. The van der Waals surface area contributed by atoms with Crippen LogP contribution in [0.25, 0.3) is 48.5 Å². The van der Waals surface area contributed by atoms with Crippen molar-refractivity contribution in [2.24, 2.45) is 7.05 Å². The van der Waals surface area contributed by atoms with Gasteiger partial charge in [-0.2, -0.15) is 0 Å². The molecule has 4 fully saturated rings. The average Bonchev–Trinajstić information content (AvgIpc) is 1.68. The number of nitrogens with two attached hydrogens (primary N) is 1. The summed E-state index contributed by atoms with van der Waals surface area (Å²) < 4.78 is 23.2. The Balaban J connectivity index is 0.000000122. The van der Waals surface area contributed by atoms with Gasteiger partial charge in [0.05, 0.1) is 91.2 Å². The second kappa shape index (κ2) is 34.6. The Morgan fingerprint density at radius 1 is 0.552 bits per heavy atom. The SMILES string of the molecule is COc1cc(N)c2ncccc2c1.COc1cc(N2CCN(Cc3ccccc3)CC2)c2ncccc2c1.COc1cc([N+](=O)[O-])c2ncccc2c1.COc1cc2c(c(N3CCNCC3)c1)NCCC2.[C-]#[N+]c1ccc2c(c1)c(C1CCC(N3CCN(c4cccc5c4NCCC5)CC3)CC1)cn2C. The normalized spacial score (nSPS) is 17.2. The number of non-ortho nitro benzene ring substituents is 1. The molecule has 0 amide bonds. The summed E-state index contributed by atoms with van der Waals surface area (Å²) in [4.78, 5) is 39.5. The highest BCUT2D eigenvalue weighted by Crippen LogP contribution is 2.42. The summed E-state index contributed by atoms with van der Waals surface area (Å²) in [6, 6.07) is 51.1. The zero-order valence-corrected chi connectivity index (χ0v) is 61.1.